The number of amides is 2. The summed E-state index contributed by atoms with van der Waals surface area (Å²) >= 11 is 3.12. The zero-order valence-electron chi connectivity index (χ0n) is 16.3. The summed E-state index contributed by atoms with van der Waals surface area (Å²) in [6.07, 6.45) is 2.23. The molecule has 2 aliphatic heterocycles. The molecule has 0 bridgehead atoms. The molecule has 2 fully saturated rings. The van der Waals surface area contributed by atoms with Crippen LogP contribution in [0.25, 0.3) is 0 Å². The van der Waals surface area contributed by atoms with Crippen LogP contribution in [-0.2, 0) is 4.79 Å². The summed E-state index contributed by atoms with van der Waals surface area (Å²) in [5, 5.41) is 9.32. The van der Waals surface area contributed by atoms with Crippen molar-refractivity contribution in [1.82, 2.24) is 9.80 Å². The minimum atomic E-state index is -0.547. The Morgan fingerprint density at radius 3 is 2.37 bits per heavy atom. The third-order valence-electron chi connectivity index (χ3n) is 6.04. The van der Waals surface area contributed by atoms with Crippen LogP contribution in [0.1, 0.15) is 29.6 Å². The predicted octanol–water partition coefficient (Wildman–Crippen LogP) is 3.58. The van der Waals surface area contributed by atoms with Crippen LogP contribution in [0.2, 0.25) is 0 Å². The van der Waals surface area contributed by atoms with Gasteiger partial charge in [0.25, 0.3) is 11.8 Å². The highest BCUT2D eigenvalue weighted by molar-refractivity contribution is 9.10. The molecule has 0 unspecified atom stereocenters. The van der Waals surface area contributed by atoms with Gasteiger partial charge in [0.1, 0.15) is 17.3 Å². The first-order valence-corrected chi connectivity index (χ1v) is 10.6. The molecule has 4 rings (SSSR count). The molecule has 2 saturated heterocycles. The summed E-state index contributed by atoms with van der Waals surface area (Å²) < 4.78 is 20.1. The van der Waals surface area contributed by atoms with Crippen LogP contribution in [0.4, 0.5) is 4.39 Å². The maximum Gasteiger partial charge on any atom is 0.260 e. The molecule has 30 heavy (non-hydrogen) atoms. The Bertz CT molecular complexity index is 958. The number of hydrogen-bond donors (Lipinski definition) is 1. The molecule has 2 aromatic carbocycles. The van der Waals surface area contributed by atoms with E-state index in [9.17, 15) is 19.1 Å². The molecule has 2 aliphatic rings. The van der Waals surface area contributed by atoms with E-state index in [2.05, 4.69) is 15.9 Å². The molecule has 2 amide bonds. The van der Waals surface area contributed by atoms with E-state index in [4.69, 9.17) is 4.74 Å². The predicted molar refractivity (Wildman–Crippen MR) is 112 cm³/mol. The summed E-state index contributed by atoms with van der Waals surface area (Å²) in [7, 11) is 0. The van der Waals surface area contributed by atoms with Crippen LogP contribution in [-0.4, -0.2) is 58.5 Å². The van der Waals surface area contributed by atoms with Crippen molar-refractivity contribution in [2.45, 2.75) is 24.8 Å². The minimum absolute atomic E-state index is 0.0594. The summed E-state index contributed by atoms with van der Waals surface area (Å²) in [6.45, 7) is 1.56. The largest absolute Gasteiger partial charge is 0.508 e. The number of nitrogens with zero attached hydrogens (tertiary/aromatic N) is 2. The monoisotopic (exact) mass is 476 g/mol. The first kappa shape index (κ1) is 20.7. The van der Waals surface area contributed by atoms with Crippen LogP contribution in [0.3, 0.4) is 0 Å². The lowest BCUT2D eigenvalue weighted by Crippen LogP contribution is -2.66. The zero-order chi connectivity index (χ0) is 21.3. The quantitative estimate of drug-likeness (QED) is 0.731. The van der Waals surface area contributed by atoms with Crippen molar-refractivity contribution >= 4 is 27.7 Å². The van der Waals surface area contributed by atoms with Gasteiger partial charge in [-0.1, -0.05) is 6.07 Å². The van der Waals surface area contributed by atoms with Crippen molar-refractivity contribution in [2.24, 2.45) is 0 Å². The maximum atomic E-state index is 14.3. The van der Waals surface area contributed by atoms with Crippen molar-refractivity contribution in [2.75, 3.05) is 26.2 Å². The van der Waals surface area contributed by atoms with E-state index in [1.165, 1.54) is 18.2 Å². The van der Waals surface area contributed by atoms with Gasteiger partial charge in [0.15, 0.2) is 6.61 Å². The number of ether oxygens (including phenoxy) is 1. The van der Waals surface area contributed by atoms with Crippen LogP contribution < -0.4 is 4.74 Å². The topological polar surface area (TPSA) is 70.1 Å². The van der Waals surface area contributed by atoms with Crippen LogP contribution >= 0.6 is 15.9 Å². The fourth-order valence-corrected chi connectivity index (χ4v) is 4.55. The van der Waals surface area contributed by atoms with Gasteiger partial charge in [-0.3, -0.25) is 9.59 Å². The molecule has 2 aromatic rings. The van der Waals surface area contributed by atoms with Crippen molar-refractivity contribution in [3.63, 3.8) is 0 Å². The van der Waals surface area contributed by atoms with Gasteiger partial charge >= 0.3 is 0 Å². The molecule has 0 saturated carbocycles. The minimum Gasteiger partial charge on any atom is -0.508 e. The number of likely N-dealkylation sites (tertiary alicyclic amines) is 2. The molecular formula is C22H22BrFN2O4. The Labute approximate surface area is 182 Å². The Hall–Kier alpha value is -2.61. The first-order valence-electron chi connectivity index (χ1n) is 9.85. The van der Waals surface area contributed by atoms with E-state index in [0.29, 0.717) is 38.2 Å². The number of phenols is 1. The highest BCUT2D eigenvalue weighted by atomic mass is 79.9. The molecule has 2 heterocycles. The molecule has 0 aliphatic carbocycles. The van der Waals surface area contributed by atoms with Crippen LogP contribution in [0.5, 0.6) is 11.5 Å². The van der Waals surface area contributed by atoms with Gasteiger partial charge < -0.3 is 19.6 Å². The summed E-state index contributed by atoms with van der Waals surface area (Å²) in [5.41, 5.74) is -0.189. The Morgan fingerprint density at radius 1 is 1.07 bits per heavy atom. The second-order valence-electron chi connectivity index (χ2n) is 7.70. The fraction of sp³-hybridized carbons (Fsp3) is 0.364. The summed E-state index contributed by atoms with van der Waals surface area (Å²) in [6, 6.07) is 10.9. The smallest absolute Gasteiger partial charge is 0.260 e. The van der Waals surface area contributed by atoms with Gasteiger partial charge in [-0.25, -0.2) is 4.39 Å². The van der Waals surface area contributed by atoms with Gasteiger partial charge in [-0.2, -0.15) is 0 Å². The van der Waals surface area contributed by atoms with Gasteiger partial charge in [0.05, 0.1) is 10.0 Å². The maximum absolute atomic E-state index is 14.3. The highest BCUT2D eigenvalue weighted by Gasteiger charge is 2.49. The number of halogens is 2. The zero-order valence-corrected chi connectivity index (χ0v) is 17.9. The molecular weight excluding hydrogens is 455 g/mol. The van der Waals surface area contributed by atoms with E-state index in [1.54, 1.807) is 29.2 Å². The molecule has 6 nitrogen and oxygen atoms in total. The average Bonchev–Trinajstić information content (AvgIpc) is 2.74. The van der Waals surface area contributed by atoms with Crippen molar-refractivity contribution < 1.29 is 23.8 Å². The lowest BCUT2D eigenvalue weighted by Gasteiger charge is -2.56. The summed E-state index contributed by atoms with van der Waals surface area (Å²) in [4.78, 5) is 28.9. The molecule has 158 valence electrons. The number of carbonyl (C=O) groups is 2. The molecule has 0 radical (unpaired) electrons. The molecule has 0 atom stereocenters. The molecule has 1 spiro atoms. The van der Waals surface area contributed by atoms with E-state index in [-0.39, 0.29) is 39.7 Å². The number of benzene rings is 2. The van der Waals surface area contributed by atoms with Gasteiger partial charge in [0.2, 0.25) is 0 Å². The third-order valence-corrected chi connectivity index (χ3v) is 6.65. The van der Waals surface area contributed by atoms with Gasteiger partial charge in [-0.05, 0) is 71.6 Å². The molecule has 1 N–H and O–H groups in total. The normalized spacial score (nSPS) is 17.5. The Morgan fingerprint density at radius 2 is 1.73 bits per heavy atom. The Kier molecular flexibility index (Phi) is 5.69. The second kappa shape index (κ2) is 8.26. The second-order valence-corrected chi connectivity index (χ2v) is 8.55. The van der Waals surface area contributed by atoms with Crippen molar-refractivity contribution in [3.05, 3.63) is 58.3 Å². The third kappa shape index (κ3) is 3.88. The van der Waals surface area contributed by atoms with E-state index < -0.39 is 5.82 Å². The lowest BCUT2D eigenvalue weighted by molar-refractivity contribution is -0.153. The van der Waals surface area contributed by atoms with E-state index in [0.717, 1.165) is 6.42 Å². The van der Waals surface area contributed by atoms with E-state index in [1.807, 2.05) is 4.90 Å². The number of piperidine rings is 1. The molecule has 0 aromatic heterocycles. The standard InChI is InChI=1S/C22H22BrFN2O4/c23-18-3-1-2-17(20(18)24)21(29)25-11-8-22(9-12-25)10-13-26(22)19(28)14-30-16-6-4-15(27)5-7-16/h1-7,27H,8-14H2. The summed E-state index contributed by atoms with van der Waals surface area (Å²) in [5.74, 6) is -0.301. The van der Waals surface area contributed by atoms with Gasteiger partial charge in [0, 0.05) is 25.2 Å². The number of aromatic hydroxyl groups is 1. The van der Waals surface area contributed by atoms with Gasteiger partial charge in [-0.15, -0.1) is 0 Å². The number of carbonyl (C=O) groups excluding carboxylic acids is 2. The number of hydrogen-bond acceptors (Lipinski definition) is 4. The van der Waals surface area contributed by atoms with Crippen molar-refractivity contribution in [1.29, 1.82) is 0 Å². The van der Waals surface area contributed by atoms with E-state index >= 15 is 0 Å². The van der Waals surface area contributed by atoms with Crippen molar-refractivity contribution in [3.8, 4) is 11.5 Å². The number of phenolic OH excluding ortho intramolecular Hbond substituents is 1. The first-order chi connectivity index (χ1) is 14.4. The lowest BCUT2D eigenvalue weighted by atomic mass is 9.76. The SMILES string of the molecule is O=C(c1cccc(Br)c1F)N1CCC2(CC1)CCN2C(=O)COc1ccc(O)cc1. The highest BCUT2D eigenvalue weighted by Crippen LogP contribution is 2.40. The fourth-order valence-electron chi connectivity index (χ4n) is 4.18. The molecule has 8 heteroatoms. The van der Waals surface area contributed by atoms with Crippen LogP contribution in [0, 0.1) is 5.82 Å². The number of rotatable bonds is 4. The average molecular weight is 477 g/mol. The van der Waals surface area contributed by atoms with Crippen LogP contribution in [0.15, 0.2) is 46.9 Å². The Balaban J connectivity index is 1.34.